The van der Waals surface area contributed by atoms with Gasteiger partial charge in [0.2, 0.25) is 0 Å². The molecule has 0 spiro atoms. The summed E-state index contributed by atoms with van der Waals surface area (Å²) in [5, 5.41) is 4.45. The van der Waals surface area contributed by atoms with Gasteiger partial charge >= 0.3 is 5.97 Å². The van der Waals surface area contributed by atoms with E-state index in [9.17, 15) is 14.4 Å². The monoisotopic (exact) mass is 710 g/mol. The van der Waals surface area contributed by atoms with E-state index >= 15 is 0 Å². The van der Waals surface area contributed by atoms with Gasteiger partial charge in [-0.25, -0.2) is 9.79 Å². The minimum Gasteiger partial charge on any atom is -0.463 e. The number of thiophene rings is 1. The third-order valence-corrected chi connectivity index (χ3v) is 11.7. The molecule has 2 aliphatic rings. The molecular weight excluding hydrogens is 676 g/mol. The number of esters is 1. The van der Waals surface area contributed by atoms with Crippen LogP contribution in [0.1, 0.15) is 76.0 Å². The van der Waals surface area contributed by atoms with Crippen LogP contribution in [-0.2, 0) is 22.4 Å². The smallest absolute Gasteiger partial charge is 0.338 e. The number of thiazole rings is 1. The Kier molecular flexibility index (Phi) is 9.04. The van der Waals surface area contributed by atoms with Crippen LogP contribution in [0.25, 0.3) is 11.1 Å². The number of aromatic nitrogens is 2. The number of benzene rings is 2. The van der Waals surface area contributed by atoms with Crippen LogP contribution in [0.5, 0.6) is 0 Å². The lowest BCUT2D eigenvalue weighted by Gasteiger charge is -2.25. The zero-order chi connectivity index (χ0) is 34.4. The van der Waals surface area contributed by atoms with Gasteiger partial charge in [0.25, 0.3) is 11.5 Å². The number of nitrogens with zero attached hydrogens (tertiary/aromatic N) is 3. The van der Waals surface area contributed by atoms with Crippen LogP contribution in [-0.4, -0.2) is 27.6 Å². The first-order valence-electron chi connectivity index (χ1n) is 16.3. The van der Waals surface area contributed by atoms with Gasteiger partial charge in [-0.15, -0.1) is 11.3 Å². The highest BCUT2D eigenvalue weighted by atomic mass is 35.5. The topological polar surface area (TPSA) is 94.7 Å². The van der Waals surface area contributed by atoms with Crippen LogP contribution >= 0.6 is 34.3 Å². The van der Waals surface area contributed by atoms with Gasteiger partial charge in [-0.3, -0.25) is 14.2 Å². The van der Waals surface area contributed by atoms with Gasteiger partial charge in [-0.1, -0.05) is 59.3 Å². The number of hydrogen-bond donors (Lipinski definition) is 1. The van der Waals surface area contributed by atoms with E-state index in [0.29, 0.717) is 25.6 Å². The highest BCUT2D eigenvalue weighted by molar-refractivity contribution is 7.15. The SMILES string of the molecule is CCOC(=O)C1=C(C)N=c2s/c(=C/c3cc(C)n(-c4sc5c(c4C(=O)Nc4ccccc4)CCCC5)c3C)c(=O)n2[C@@H]1c1ccccc1Cl. The van der Waals surface area contributed by atoms with E-state index in [1.807, 2.05) is 74.5 Å². The predicted octanol–water partition coefficient (Wildman–Crippen LogP) is 7.05. The Hall–Kier alpha value is -4.51. The molecule has 5 aromatic rings. The van der Waals surface area contributed by atoms with Crippen molar-refractivity contribution in [1.29, 1.82) is 0 Å². The third-order valence-electron chi connectivity index (χ3n) is 9.09. The number of amides is 1. The summed E-state index contributed by atoms with van der Waals surface area (Å²) in [7, 11) is 0. The second-order valence-electron chi connectivity index (χ2n) is 12.2. The van der Waals surface area contributed by atoms with Crippen molar-refractivity contribution in [1.82, 2.24) is 9.13 Å². The lowest BCUT2D eigenvalue weighted by molar-refractivity contribution is -0.139. The number of halogens is 1. The Bertz CT molecular complexity index is 2350. The molecule has 1 aliphatic carbocycles. The van der Waals surface area contributed by atoms with E-state index in [-0.39, 0.29) is 23.6 Å². The molecule has 0 unspecified atom stereocenters. The van der Waals surface area contributed by atoms with Crippen LogP contribution in [0, 0.1) is 13.8 Å². The molecule has 11 heteroatoms. The van der Waals surface area contributed by atoms with Crippen LogP contribution in [0.15, 0.2) is 81.7 Å². The summed E-state index contributed by atoms with van der Waals surface area (Å²) in [6.07, 6.45) is 5.87. The Morgan fingerprint density at radius 1 is 1.04 bits per heavy atom. The fraction of sp³-hybridized carbons (Fsp3) is 0.263. The summed E-state index contributed by atoms with van der Waals surface area (Å²) >= 11 is 9.62. The van der Waals surface area contributed by atoms with Crippen molar-refractivity contribution >= 4 is 57.9 Å². The molecule has 0 radical (unpaired) electrons. The fourth-order valence-corrected chi connectivity index (χ4v) is 9.60. The summed E-state index contributed by atoms with van der Waals surface area (Å²) in [5.74, 6) is -0.646. The van der Waals surface area contributed by atoms with E-state index in [0.717, 1.165) is 64.4 Å². The molecular formula is C38H35ClN4O4S2. The van der Waals surface area contributed by atoms with Crippen molar-refractivity contribution < 1.29 is 14.3 Å². The maximum absolute atomic E-state index is 14.3. The summed E-state index contributed by atoms with van der Waals surface area (Å²) in [4.78, 5) is 47.9. The minimum absolute atomic E-state index is 0.115. The van der Waals surface area contributed by atoms with Gasteiger partial charge in [0, 0.05) is 27.0 Å². The molecule has 1 atom stereocenters. The lowest BCUT2D eigenvalue weighted by atomic mass is 9.95. The molecule has 0 saturated heterocycles. The number of anilines is 1. The molecule has 8 nitrogen and oxygen atoms in total. The predicted molar refractivity (Wildman–Crippen MR) is 196 cm³/mol. The van der Waals surface area contributed by atoms with E-state index in [4.69, 9.17) is 21.3 Å². The zero-order valence-corrected chi connectivity index (χ0v) is 30.0. The van der Waals surface area contributed by atoms with Gasteiger partial charge in [-0.2, -0.15) is 0 Å². The standard InChI is InChI=1S/C38H35ClN4O4S2/c1-5-47-37(46)31-22(3)40-38-43(33(31)26-15-9-11-17-28(26)39)35(45)30(49-38)20-24-19-21(2)42(23(24)4)36-32(27-16-10-12-18-29(27)48-36)34(44)41-25-13-7-6-8-14-25/h6-9,11,13-15,17,19-20,33H,5,10,12,16,18H2,1-4H3,(H,41,44)/b30-20+/t33-/m1/s1. The number of aryl methyl sites for hydroxylation is 2. The van der Waals surface area contributed by atoms with Crippen molar-refractivity contribution in [2.75, 3.05) is 11.9 Å². The fourth-order valence-electron chi connectivity index (χ4n) is 6.83. The average molecular weight is 711 g/mol. The Morgan fingerprint density at radius 3 is 2.53 bits per heavy atom. The van der Waals surface area contributed by atoms with Crippen molar-refractivity contribution in [2.45, 2.75) is 59.4 Å². The second-order valence-corrected chi connectivity index (χ2v) is 14.7. The summed E-state index contributed by atoms with van der Waals surface area (Å²) in [6, 6.07) is 18.0. The Morgan fingerprint density at radius 2 is 1.78 bits per heavy atom. The molecule has 0 bridgehead atoms. The van der Waals surface area contributed by atoms with Crippen molar-refractivity contribution in [3.05, 3.63) is 135 Å². The Balaban J connectivity index is 1.36. The first kappa shape index (κ1) is 33.0. The number of rotatable bonds is 7. The summed E-state index contributed by atoms with van der Waals surface area (Å²) in [6.45, 7) is 7.73. The van der Waals surface area contributed by atoms with Gasteiger partial charge < -0.3 is 14.6 Å². The summed E-state index contributed by atoms with van der Waals surface area (Å²) in [5.41, 5.74) is 6.46. The third kappa shape index (κ3) is 5.92. The number of carbonyl (C=O) groups is 2. The number of nitrogens with one attached hydrogen (secondary N) is 1. The number of carbonyl (C=O) groups excluding carboxylic acids is 2. The number of hydrogen-bond acceptors (Lipinski definition) is 7. The molecule has 1 N–H and O–H groups in total. The minimum atomic E-state index is -0.790. The van der Waals surface area contributed by atoms with E-state index in [2.05, 4.69) is 9.88 Å². The van der Waals surface area contributed by atoms with Crippen LogP contribution in [0.3, 0.4) is 0 Å². The number of fused-ring (bicyclic) bond motifs is 2. The molecule has 1 aliphatic heterocycles. The molecule has 250 valence electrons. The van der Waals surface area contributed by atoms with Crippen molar-refractivity contribution in [3.63, 3.8) is 0 Å². The maximum Gasteiger partial charge on any atom is 0.338 e. The van der Waals surface area contributed by atoms with Gasteiger partial charge in [0.05, 0.1) is 28.0 Å². The maximum atomic E-state index is 14.3. The Labute approximate surface area is 296 Å². The quantitative estimate of drug-likeness (QED) is 0.183. The molecule has 1 amide bonds. The van der Waals surface area contributed by atoms with Gasteiger partial charge in [-0.05, 0) is 100 Å². The van der Waals surface area contributed by atoms with Crippen LogP contribution in [0.4, 0.5) is 5.69 Å². The molecule has 3 aromatic heterocycles. The number of para-hydroxylation sites is 1. The van der Waals surface area contributed by atoms with E-state index in [1.165, 1.54) is 16.2 Å². The molecule has 49 heavy (non-hydrogen) atoms. The molecule has 0 saturated carbocycles. The summed E-state index contributed by atoms with van der Waals surface area (Å²) < 4.78 is 9.58. The highest BCUT2D eigenvalue weighted by Crippen LogP contribution is 2.39. The number of allylic oxidation sites excluding steroid dienone is 1. The first-order valence-corrected chi connectivity index (χ1v) is 18.3. The van der Waals surface area contributed by atoms with Gasteiger partial charge in [0.1, 0.15) is 11.0 Å². The second kappa shape index (κ2) is 13.4. The van der Waals surface area contributed by atoms with Crippen LogP contribution in [0.2, 0.25) is 5.02 Å². The van der Waals surface area contributed by atoms with Crippen LogP contribution < -0.4 is 20.2 Å². The molecule has 7 rings (SSSR count). The normalized spacial score (nSPS) is 15.9. The van der Waals surface area contributed by atoms with Gasteiger partial charge in [0.15, 0.2) is 4.80 Å². The van der Waals surface area contributed by atoms with Crippen molar-refractivity contribution in [3.8, 4) is 5.00 Å². The van der Waals surface area contributed by atoms with E-state index in [1.54, 1.807) is 35.8 Å². The lowest BCUT2D eigenvalue weighted by Crippen LogP contribution is -2.40. The molecule has 2 aromatic carbocycles. The zero-order valence-electron chi connectivity index (χ0n) is 27.6. The largest absolute Gasteiger partial charge is 0.463 e. The van der Waals surface area contributed by atoms with E-state index < -0.39 is 12.0 Å². The first-order chi connectivity index (χ1) is 23.7. The molecule has 4 heterocycles. The number of ether oxygens (including phenoxy) is 1. The molecule has 0 fully saturated rings. The average Bonchev–Trinajstić information content (AvgIpc) is 3.70. The highest BCUT2D eigenvalue weighted by Gasteiger charge is 2.34. The van der Waals surface area contributed by atoms with Crippen molar-refractivity contribution in [2.24, 2.45) is 4.99 Å².